The van der Waals surface area contributed by atoms with E-state index in [9.17, 15) is 4.79 Å². The number of carbonyl (C=O) groups excluding carboxylic acids is 1. The van der Waals surface area contributed by atoms with E-state index in [2.05, 4.69) is 0 Å². The summed E-state index contributed by atoms with van der Waals surface area (Å²) in [6.07, 6.45) is 0.155. The number of aliphatic hydroxyl groups is 1. The fourth-order valence-corrected chi connectivity index (χ4v) is 1.73. The van der Waals surface area contributed by atoms with Crippen LogP contribution >= 0.6 is 0 Å². The van der Waals surface area contributed by atoms with Gasteiger partial charge in [-0.1, -0.05) is 6.92 Å². The summed E-state index contributed by atoms with van der Waals surface area (Å²) in [5.41, 5.74) is -0.494. The Bertz CT molecular complexity index is 250. The van der Waals surface area contributed by atoms with Gasteiger partial charge in [0.25, 0.3) is 0 Å². The fourth-order valence-electron chi connectivity index (χ4n) is 1.73. The summed E-state index contributed by atoms with van der Waals surface area (Å²) >= 11 is 0. The summed E-state index contributed by atoms with van der Waals surface area (Å²) in [6.45, 7) is 8.36. The van der Waals surface area contributed by atoms with E-state index >= 15 is 0 Å². The smallest absolute Gasteiger partial charge is 0.410 e. The van der Waals surface area contributed by atoms with E-state index in [-0.39, 0.29) is 24.9 Å². The molecule has 0 unspecified atom stereocenters. The van der Waals surface area contributed by atoms with E-state index in [1.165, 1.54) is 0 Å². The predicted octanol–water partition coefficient (Wildman–Crippen LogP) is 1.39. The molecular weight excluding hydrogens is 222 g/mol. The lowest BCUT2D eigenvalue weighted by atomic mass is 10.2. The van der Waals surface area contributed by atoms with Gasteiger partial charge in [-0.2, -0.15) is 0 Å². The molecule has 0 spiro atoms. The van der Waals surface area contributed by atoms with Gasteiger partial charge in [-0.25, -0.2) is 4.79 Å². The highest BCUT2D eigenvalue weighted by Crippen LogP contribution is 2.17. The van der Waals surface area contributed by atoms with E-state index < -0.39 is 5.60 Å². The molecule has 1 aliphatic heterocycles. The predicted molar refractivity (Wildman–Crippen MR) is 63.8 cm³/mol. The van der Waals surface area contributed by atoms with Crippen molar-refractivity contribution in [1.82, 2.24) is 4.90 Å². The Balaban J connectivity index is 2.59. The zero-order valence-corrected chi connectivity index (χ0v) is 11.1. The zero-order chi connectivity index (χ0) is 13.1. The molecule has 0 bridgehead atoms. The van der Waals surface area contributed by atoms with Crippen molar-refractivity contribution in [2.24, 2.45) is 0 Å². The minimum absolute atomic E-state index is 0.0200. The Morgan fingerprint density at radius 1 is 1.41 bits per heavy atom. The lowest BCUT2D eigenvalue weighted by Crippen LogP contribution is -2.52. The quantitative estimate of drug-likeness (QED) is 0.798. The van der Waals surface area contributed by atoms with Crippen LogP contribution in [-0.2, 0) is 9.47 Å². The van der Waals surface area contributed by atoms with Crippen molar-refractivity contribution >= 4 is 6.09 Å². The molecule has 0 saturated carbocycles. The monoisotopic (exact) mass is 245 g/mol. The molecule has 100 valence electrons. The molecule has 0 aliphatic carbocycles. The molecule has 1 N–H and O–H groups in total. The fraction of sp³-hybridized carbons (Fsp3) is 0.917. The van der Waals surface area contributed by atoms with Crippen molar-refractivity contribution in [3.05, 3.63) is 0 Å². The standard InChI is InChI=1S/C12H23NO4/c1-5-9-6-13(7-10(8-14)16-9)11(15)17-12(2,3)4/h9-10,14H,5-8H2,1-4H3/t9-,10-/m0/s1. The Labute approximate surface area is 103 Å². The maximum Gasteiger partial charge on any atom is 0.410 e. The van der Waals surface area contributed by atoms with E-state index in [4.69, 9.17) is 14.6 Å². The van der Waals surface area contributed by atoms with Crippen LogP contribution in [0.2, 0.25) is 0 Å². The molecule has 5 nitrogen and oxygen atoms in total. The first-order valence-corrected chi connectivity index (χ1v) is 6.10. The normalized spacial score (nSPS) is 25.8. The summed E-state index contributed by atoms with van der Waals surface area (Å²) < 4.78 is 10.9. The second kappa shape index (κ2) is 5.69. The molecule has 0 aromatic heterocycles. The van der Waals surface area contributed by atoms with E-state index in [0.29, 0.717) is 13.1 Å². The molecule has 1 fully saturated rings. The first kappa shape index (κ1) is 14.3. The number of carbonyl (C=O) groups is 1. The van der Waals surface area contributed by atoms with Crippen molar-refractivity contribution in [2.45, 2.75) is 51.9 Å². The molecule has 1 amide bonds. The topological polar surface area (TPSA) is 59.0 Å². The summed E-state index contributed by atoms with van der Waals surface area (Å²) in [5, 5.41) is 9.13. The highest BCUT2D eigenvalue weighted by Gasteiger charge is 2.31. The Kier molecular flexibility index (Phi) is 4.77. The van der Waals surface area contributed by atoms with Gasteiger partial charge in [-0.15, -0.1) is 0 Å². The van der Waals surface area contributed by atoms with Crippen LogP contribution < -0.4 is 0 Å². The maximum absolute atomic E-state index is 11.9. The molecule has 1 aliphatic rings. The Morgan fingerprint density at radius 3 is 2.47 bits per heavy atom. The van der Waals surface area contributed by atoms with Gasteiger partial charge in [-0.3, -0.25) is 0 Å². The third kappa shape index (κ3) is 4.52. The van der Waals surface area contributed by atoms with Crippen LogP contribution in [0.4, 0.5) is 4.79 Å². The minimum Gasteiger partial charge on any atom is -0.444 e. The molecule has 1 saturated heterocycles. The minimum atomic E-state index is -0.494. The number of nitrogens with zero attached hydrogens (tertiary/aromatic N) is 1. The number of rotatable bonds is 2. The highest BCUT2D eigenvalue weighted by atomic mass is 16.6. The summed E-state index contributed by atoms with van der Waals surface area (Å²) in [5.74, 6) is 0. The lowest BCUT2D eigenvalue weighted by Gasteiger charge is -2.37. The largest absolute Gasteiger partial charge is 0.444 e. The van der Waals surface area contributed by atoms with Crippen LogP contribution in [0.15, 0.2) is 0 Å². The van der Waals surface area contributed by atoms with Crippen molar-refractivity contribution in [3.8, 4) is 0 Å². The second-order valence-electron chi connectivity index (χ2n) is 5.36. The molecule has 0 aromatic rings. The molecule has 0 aromatic carbocycles. The van der Waals surface area contributed by atoms with Gasteiger partial charge in [0.05, 0.1) is 31.9 Å². The van der Waals surface area contributed by atoms with Gasteiger partial charge >= 0.3 is 6.09 Å². The number of aliphatic hydroxyl groups excluding tert-OH is 1. The molecule has 0 radical (unpaired) electrons. The van der Waals surface area contributed by atoms with Gasteiger partial charge in [0, 0.05) is 0 Å². The molecule has 5 heteroatoms. The van der Waals surface area contributed by atoms with Gasteiger partial charge in [0.15, 0.2) is 0 Å². The van der Waals surface area contributed by atoms with Crippen molar-refractivity contribution < 1.29 is 19.4 Å². The molecule has 2 atom stereocenters. The number of morpholine rings is 1. The average Bonchev–Trinajstić information content (AvgIpc) is 2.26. The molecule has 1 rings (SSSR count). The van der Waals surface area contributed by atoms with Gasteiger partial charge in [0.1, 0.15) is 5.60 Å². The van der Waals surface area contributed by atoms with Gasteiger partial charge in [0.2, 0.25) is 0 Å². The lowest BCUT2D eigenvalue weighted by molar-refractivity contribution is -0.103. The second-order valence-corrected chi connectivity index (χ2v) is 5.36. The first-order valence-electron chi connectivity index (χ1n) is 6.10. The van der Waals surface area contributed by atoms with Crippen molar-refractivity contribution in [3.63, 3.8) is 0 Å². The third-order valence-electron chi connectivity index (χ3n) is 2.54. The highest BCUT2D eigenvalue weighted by molar-refractivity contribution is 5.68. The summed E-state index contributed by atoms with van der Waals surface area (Å²) in [7, 11) is 0. The van der Waals surface area contributed by atoms with Crippen LogP contribution in [0.5, 0.6) is 0 Å². The number of hydrogen-bond donors (Lipinski definition) is 1. The van der Waals surface area contributed by atoms with Crippen LogP contribution in [0.25, 0.3) is 0 Å². The number of ether oxygens (including phenoxy) is 2. The van der Waals surface area contributed by atoms with E-state index in [0.717, 1.165) is 6.42 Å². The molecule has 17 heavy (non-hydrogen) atoms. The molecule has 1 heterocycles. The van der Waals surface area contributed by atoms with Crippen LogP contribution in [0.3, 0.4) is 0 Å². The zero-order valence-electron chi connectivity index (χ0n) is 11.1. The number of amides is 1. The van der Waals surface area contributed by atoms with Gasteiger partial charge < -0.3 is 19.5 Å². The average molecular weight is 245 g/mol. The van der Waals surface area contributed by atoms with Crippen LogP contribution in [0, 0.1) is 0 Å². The van der Waals surface area contributed by atoms with Crippen molar-refractivity contribution in [1.29, 1.82) is 0 Å². The Hall–Kier alpha value is -0.810. The number of hydrogen-bond acceptors (Lipinski definition) is 4. The Morgan fingerprint density at radius 2 is 2.00 bits per heavy atom. The summed E-state index contributed by atoms with van der Waals surface area (Å²) in [6, 6.07) is 0. The molecular formula is C12H23NO4. The SMILES string of the molecule is CC[C@H]1CN(C(=O)OC(C)(C)C)C[C@@H](CO)O1. The van der Waals surface area contributed by atoms with Crippen LogP contribution in [0.1, 0.15) is 34.1 Å². The van der Waals surface area contributed by atoms with E-state index in [1.807, 2.05) is 27.7 Å². The summed E-state index contributed by atoms with van der Waals surface area (Å²) in [4.78, 5) is 13.5. The van der Waals surface area contributed by atoms with Gasteiger partial charge in [-0.05, 0) is 27.2 Å². The van der Waals surface area contributed by atoms with Crippen molar-refractivity contribution in [2.75, 3.05) is 19.7 Å². The third-order valence-corrected chi connectivity index (χ3v) is 2.54. The maximum atomic E-state index is 11.9. The van der Waals surface area contributed by atoms with Crippen LogP contribution in [-0.4, -0.2) is 53.6 Å². The first-order chi connectivity index (χ1) is 7.85. The van der Waals surface area contributed by atoms with E-state index in [1.54, 1.807) is 4.90 Å².